The third-order valence-electron chi connectivity index (χ3n) is 0. The first kappa shape index (κ1) is 10.1. The maximum Gasteiger partial charge on any atom is 1.00 e. The van der Waals surface area contributed by atoms with E-state index in [1.165, 1.54) is 0 Å². The standard InChI is InChI=1S/BH3.2Na.2H2O/h1H3;;;2*1H2/q;2*+1;;/p-2/i1D3;;;;. The molecule has 0 aliphatic heterocycles. The van der Waals surface area contributed by atoms with Crippen LogP contribution < -0.4 is 59.1 Å². The summed E-state index contributed by atoms with van der Waals surface area (Å²) in [5.74, 6) is 0. The van der Waals surface area contributed by atoms with Crippen LogP contribution in [0.4, 0.5) is 0 Å². The summed E-state index contributed by atoms with van der Waals surface area (Å²) in [5, 5.41) is 0. The van der Waals surface area contributed by atoms with Crippen molar-refractivity contribution in [3.05, 3.63) is 0 Å². The molecule has 2 N–H and O–H groups in total. The van der Waals surface area contributed by atoms with Gasteiger partial charge in [0.05, 0.1) is 8.30 Å². The Labute approximate surface area is 81.6 Å². The first-order chi connectivity index (χ1) is 1.73. The molecule has 0 amide bonds. The summed E-state index contributed by atoms with van der Waals surface area (Å²) < 4.78 is 17.8. The molecule has 5 heavy (non-hydrogen) atoms. The van der Waals surface area contributed by atoms with Crippen molar-refractivity contribution < 1.29 is 70.1 Å². The first-order valence-electron chi connectivity index (χ1n) is 1.73. The van der Waals surface area contributed by atoms with Crippen LogP contribution in [0.3, 0.4) is 0 Å². The Kier molecular flexibility index (Phi) is 76.0. The molecule has 0 rings (SSSR count). The largest absolute Gasteiger partial charge is 1.00 e. The Bertz CT molecular complexity index is 20.0. The maximum atomic E-state index is 5.92. The molecule has 0 aromatic carbocycles. The van der Waals surface area contributed by atoms with E-state index in [0.29, 0.717) is 0 Å². The summed E-state index contributed by atoms with van der Waals surface area (Å²) >= 11 is 0. The molecule has 5 heteroatoms. The molecule has 0 atom stereocenters. The van der Waals surface area contributed by atoms with Crippen LogP contribution in [0.15, 0.2) is 0 Å². The van der Waals surface area contributed by atoms with Gasteiger partial charge in [-0.15, -0.1) is 0 Å². The summed E-state index contributed by atoms with van der Waals surface area (Å²) in [6, 6.07) is 0. The number of hydrogen-bond acceptors (Lipinski definition) is 2. The van der Waals surface area contributed by atoms with Crippen molar-refractivity contribution in [2.45, 2.75) is 0 Å². The van der Waals surface area contributed by atoms with Gasteiger partial charge in [0.2, 0.25) is 0 Å². The Balaban J connectivity index is -0.00000000750. The molecule has 0 spiro atoms. The molecule has 0 saturated heterocycles. The van der Waals surface area contributed by atoms with Crippen LogP contribution in [-0.2, 0) is 0 Å². The molecule has 0 bridgehead atoms. The number of rotatable bonds is 0. The quantitative estimate of drug-likeness (QED) is 0.282. The van der Waals surface area contributed by atoms with Gasteiger partial charge in [0.25, 0.3) is 0 Å². The Morgan fingerprint density at radius 2 is 1.20 bits per heavy atom. The molecule has 0 unspecified atom stereocenters. The Morgan fingerprint density at radius 3 is 1.20 bits per heavy atom. The predicted octanol–water partition coefficient (Wildman–Crippen LogP) is -7.53. The van der Waals surface area contributed by atoms with Crippen LogP contribution in [0.1, 0.15) is 0 Å². The maximum absolute atomic E-state index is 5.92. The van der Waals surface area contributed by atoms with Gasteiger partial charge in [-0.3, -0.25) is 0 Å². The van der Waals surface area contributed by atoms with E-state index in [4.69, 9.17) is 4.01 Å². The minimum atomic E-state index is -1.42. The van der Waals surface area contributed by atoms with E-state index in [9.17, 15) is 0 Å². The molecular formula is H5BNa2O2. The fourth-order valence-electron chi connectivity index (χ4n) is 0. The van der Waals surface area contributed by atoms with E-state index in [1.807, 2.05) is 0 Å². The summed E-state index contributed by atoms with van der Waals surface area (Å²) in [7, 11) is -1.42. The van der Waals surface area contributed by atoms with E-state index < -0.39 is 8.30 Å². The minimum Gasteiger partial charge on any atom is -0.870 e. The summed E-state index contributed by atoms with van der Waals surface area (Å²) in [6.07, 6.45) is 0. The van der Waals surface area contributed by atoms with Gasteiger partial charge in [-0.1, -0.05) is 0 Å². The van der Waals surface area contributed by atoms with Gasteiger partial charge >= 0.3 is 59.1 Å². The van der Waals surface area contributed by atoms with E-state index in [2.05, 4.69) is 0 Å². The van der Waals surface area contributed by atoms with Gasteiger partial charge in [0, 0.05) is 0 Å². The fourth-order valence-corrected chi connectivity index (χ4v) is 0. The predicted molar refractivity (Wildman–Crippen MR) is 13.8 cm³/mol. The van der Waals surface area contributed by atoms with Crippen molar-refractivity contribution in [2.75, 3.05) is 0 Å². The first-order valence-corrected chi connectivity index (χ1v) is 0. The zero-order valence-electron chi connectivity index (χ0n) is 6.47. The minimum absolute atomic E-state index is 0. The second kappa shape index (κ2) is 37.7. The van der Waals surface area contributed by atoms with Gasteiger partial charge < -0.3 is 11.0 Å². The summed E-state index contributed by atoms with van der Waals surface area (Å²) in [4.78, 5) is 0. The van der Waals surface area contributed by atoms with Crippen LogP contribution >= 0.6 is 0 Å². The second-order valence-electron chi connectivity index (χ2n) is 0. The molecule has 0 radical (unpaired) electrons. The van der Waals surface area contributed by atoms with Crippen LogP contribution in [0.25, 0.3) is 0 Å². The zero-order chi connectivity index (χ0) is 3.58. The van der Waals surface area contributed by atoms with E-state index in [1.54, 1.807) is 0 Å². The molecule has 0 saturated carbocycles. The average molecular weight is 96.8 g/mol. The molecular weight excluding hydrogens is 88.8 g/mol. The molecule has 0 aliphatic carbocycles. The smallest absolute Gasteiger partial charge is 0.870 e. The second-order valence-corrected chi connectivity index (χ2v) is 0. The van der Waals surface area contributed by atoms with Crippen LogP contribution in [0.2, 0.25) is 0 Å². The van der Waals surface area contributed by atoms with E-state index in [0.717, 1.165) is 0 Å². The average Bonchev–Trinajstić information content (AvgIpc) is 0.811. The molecule has 0 aliphatic rings. The third-order valence-corrected chi connectivity index (χ3v) is 0. The third kappa shape index (κ3) is 24.1. The van der Waals surface area contributed by atoms with Crippen molar-refractivity contribution in [1.82, 2.24) is 0 Å². The molecule has 0 heterocycles. The van der Waals surface area contributed by atoms with Crippen molar-refractivity contribution in [1.29, 1.82) is 4.01 Å². The van der Waals surface area contributed by atoms with Crippen molar-refractivity contribution in [2.24, 2.45) is 0 Å². The molecule has 0 aromatic heterocycles. The van der Waals surface area contributed by atoms with Crippen LogP contribution in [-0.4, -0.2) is 23.3 Å². The topological polar surface area (TPSA) is 60.0 Å². The van der Waals surface area contributed by atoms with Gasteiger partial charge in [-0.25, -0.2) is 0 Å². The van der Waals surface area contributed by atoms with Crippen molar-refractivity contribution in [3.8, 4) is 0 Å². The van der Waals surface area contributed by atoms with Crippen LogP contribution in [0.5, 0.6) is 0 Å². The Morgan fingerprint density at radius 1 is 1.20 bits per heavy atom. The zero-order valence-corrected chi connectivity index (χ0v) is 7.47. The van der Waals surface area contributed by atoms with E-state index >= 15 is 0 Å². The van der Waals surface area contributed by atoms with Crippen LogP contribution in [0, 0.1) is 0 Å². The molecule has 2 nitrogen and oxygen atoms in total. The van der Waals surface area contributed by atoms with Gasteiger partial charge in [0.1, 0.15) is 0 Å². The molecule has 0 fully saturated rings. The van der Waals surface area contributed by atoms with Crippen molar-refractivity contribution >= 4 is 8.30 Å². The van der Waals surface area contributed by atoms with Gasteiger partial charge in [0.15, 0.2) is 0 Å². The van der Waals surface area contributed by atoms with Gasteiger partial charge in [-0.05, 0) is 4.01 Å². The normalized spacial score (nSPS) is 6.00. The summed E-state index contributed by atoms with van der Waals surface area (Å²) in [5.41, 5.74) is 0. The van der Waals surface area contributed by atoms with Crippen molar-refractivity contribution in [3.63, 3.8) is 0 Å². The molecule has 22 valence electrons. The summed E-state index contributed by atoms with van der Waals surface area (Å²) in [6.45, 7) is 0. The monoisotopic (exact) mass is 97.0 g/mol. The molecule has 0 aromatic rings. The Hall–Kier alpha value is 1.98. The van der Waals surface area contributed by atoms with Gasteiger partial charge in [-0.2, -0.15) is 0 Å². The SMILES string of the molecule is [2H]B([2H])[2H].[Na+].[Na+].[OH-].[OH-]. The van der Waals surface area contributed by atoms with E-state index in [-0.39, 0.29) is 70.1 Å². The fraction of sp³-hybridized carbons (Fsp3) is 0. The number of hydrogen-bond donors (Lipinski definition) is 0.